The zero-order valence-electron chi connectivity index (χ0n) is 13.2. The molecule has 1 aromatic heterocycles. The zero-order valence-corrected chi connectivity index (χ0v) is 14.9. The highest BCUT2D eigenvalue weighted by Gasteiger charge is 2.22. The second-order valence-corrected chi connectivity index (χ2v) is 8.39. The van der Waals surface area contributed by atoms with Crippen LogP contribution in [0.4, 0.5) is 4.79 Å². The Bertz CT molecular complexity index is 844. The molecule has 2 amide bonds. The van der Waals surface area contributed by atoms with Crippen molar-refractivity contribution < 1.29 is 13.2 Å². The Balaban J connectivity index is 1.64. The number of fused-ring (bicyclic) bond motifs is 1. The summed E-state index contributed by atoms with van der Waals surface area (Å²) in [6.45, 7) is 3.20. The van der Waals surface area contributed by atoms with Crippen LogP contribution < -0.4 is 10.5 Å². The molecule has 0 bridgehead atoms. The van der Waals surface area contributed by atoms with Gasteiger partial charge in [0.25, 0.3) is 0 Å². The van der Waals surface area contributed by atoms with E-state index in [9.17, 15) is 13.2 Å². The predicted octanol–water partition coefficient (Wildman–Crippen LogP) is 2.22. The minimum Gasteiger partial charge on any atom is -0.331 e. The van der Waals surface area contributed by atoms with Crippen molar-refractivity contribution in [2.24, 2.45) is 5.14 Å². The molecule has 3 N–H and O–H groups in total. The molecule has 0 saturated carbocycles. The summed E-state index contributed by atoms with van der Waals surface area (Å²) in [5.41, 5.74) is 2.04. The van der Waals surface area contributed by atoms with Crippen molar-refractivity contribution in [2.75, 3.05) is 6.54 Å². The Morgan fingerprint density at radius 2 is 2.00 bits per heavy atom. The first kappa shape index (κ1) is 16.9. The third kappa shape index (κ3) is 3.61. The molecule has 3 rings (SSSR count). The van der Waals surface area contributed by atoms with Crippen molar-refractivity contribution in [3.8, 4) is 0 Å². The summed E-state index contributed by atoms with van der Waals surface area (Å²) in [6.07, 6.45) is 0.887. The number of hydrogen-bond donors (Lipinski definition) is 2. The molecule has 0 radical (unpaired) electrons. The van der Waals surface area contributed by atoms with Gasteiger partial charge in [-0.15, -0.1) is 11.3 Å². The van der Waals surface area contributed by atoms with Crippen LogP contribution in [-0.4, -0.2) is 25.9 Å². The van der Waals surface area contributed by atoms with E-state index in [4.69, 9.17) is 5.14 Å². The van der Waals surface area contributed by atoms with E-state index in [0.717, 1.165) is 12.0 Å². The summed E-state index contributed by atoms with van der Waals surface area (Å²) in [4.78, 5) is 15.7. The van der Waals surface area contributed by atoms with Crippen LogP contribution in [0.1, 0.15) is 29.0 Å². The molecular weight excluding hydrogens is 346 g/mol. The van der Waals surface area contributed by atoms with E-state index in [2.05, 4.69) is 16.8 Å². The fourth-order valence-corrected chi connectivity index (χ4v) is 4.13. The first-order valence-corrected chi connectivity index (χ1v) is 10.0. The molecule has 1 aliphatic heterocycles. The number of hydrogen-bond acceptors (Lipinski definition) is 4. The fourth-order valence-electron chi connectivity index (χ4n) is 2.73. The molecule has 24 heavy (non-hydrogen) atoms. The maximum Gasteiger partial charge on any atom is 0.318 e. The number of nitrogens with zero attached hydrogens (tertiary/aromatic N) is 1. The molecule has 1 aliphatic rings. The SMILES string of the molecule is CC(NC(=O)N1CCc2sccc2C1)c1ccc(S(N)(=O)=O)cc1. The number of carbonyl (C=O) groups is 1. The summed E-state index contributed by atoms with van der Waals surface area (Å²) in [5.74, 6) is 0. The van der Waals surface area contributed by atoms with Crippen molar-refractivity contribution in [1.29, 1.82) is 0 Å². The molecule has 1 atom stereocenters. The van der Waals surface area contributed by atoms with Crippen LogP contribution in [0.2, 0.25) is 0 Å². The Morgan fingerprint density at radius 3 is 2.67 bits per heavy atom. The van der Waals surface area contributed by atoms with Crippen LogP contribution in [0.25, 0.3) is 0 Å². The van der Waals surface area contributed by atoms with Crippen molar-refractivity contribution in [2.45, 2.75) is 30.8 Å². The van der Waals surface area contributed by atoms with Crippen LogP contribution in [0.3, 0.4) is 0 Å². The molecule has 1 unspecified atom stereocenters. The fraction of sp³-hybridized carbons (Fsp3) is 0.312. The van der Waals surface area contributed by atoms with Gasteiger partial charge in [-0.3, -0.25) is 0 Å². The minimum atomic E-state index is -3.70. The lowest BCUT2D eigenvalue weighted by Gasteiger charge is -2.28. The van der Waals surface area contributed by atoms with E-state index in [1.165, 1.54) is 22.6 Å². The highest BCUT2D eigenvalue weighted by Crippen LogP contribution is 2.24. The van der Waals surface area contributed by atoms with Gasteiger partial charge in [-0.1, -0.05) is 12.1 Å². The normalized spacial score (nSPS) is 15.7. The molecule has 8 heteroatoms. The van der Waals surface area contributed by atoms with Crippen LogP contribution in [-0.2, 0) is 23.0 Å². The highest BCUT2D eigenvalue weighted by atomic mass is 32.2. The number of rotatable bonds is 3. The molecule has 0 fully saturated rings. The van der Waals surface area contributed by atoms with Gasteiger partial charge in [0, 0.05) is 18.0 Å². The van der Waals surface area contributed by atoms with Gasteiger partial charge < -0.3 is 10.2 Å². The number of nitrogens with one attached hydrogen (secondary N) is 1. The van der Waals surface area contributed by atoms with Crippen molar-refractivity contribution in [1.82, 2.24) is 10.2 Å². The number of amides is 2. The maximum absolute atomic E-state index is 12.4. The minimum absolute atomic E-state index is 0.0609. The number of sulfonamides is 1. The molecule has 0 aliphatic carbocycles. The lowest BCUT2D eigenvalue weighted by molar-refractivity contribution is 0.189. The molecule has 0 spiro atoms. The second-order valence-electron chi connectivity index (χ2n) is 5.83. The largest absolute Gasteiger partial charge is 0.331 e. The predicted molar refractivity (Wildman–Crippen MR) is 93.2 cm³/mol. The first-order valence-electron chi connectivity index (χ1n) is 7.58. The van der Waals surface area contributed by atoms with Crippen LogP contribution in [0.15, 0.2) is 40.6 Å². The smallest absolute Gasteiger partial charge is 0.318 e. The van der Waals surface area contributed by atoms with Gasteiger partial charge in [-0.2, -0.15) is 0 Å². The molecule has 2 aromatic rings. The van der Waals surface area contributed by atoms with Crippen LogP contribution in [0, 0.1) is 0 Å². The lowest BCUT2D eigenvalue weighted by Crippen LogP contribution is -2.43. The molecule has 0 saturated heterocycles. The van der Waals surface area contributed by atoms with Gasteiger partial charge in [0.1, 0.15) is 0 Å². The summed E-state index contributed by atoms with van der Waals surface area (Å²) in [6, 6.07) is 7.95. The summed E-state index contributed by atoms with van der Waals surface area (Å²) in [5, 5.41) is 10.1. The molecular formula is C16H19N3O3S2. The van der Waals surface area contributed by atoms with E-state index in [1.807, 2.05) is 6.92 Å². The average Bonchev–Trinajstić information content (AvgIpc) is 3.01. The topological polar surface area (TPSA) is 92.5 Å². The Labute approximate surface area is 145 Å². The number of urea groups is 1. The van der Waals surface area contributed by atoms with Crippen molar-refractivity contribution >= 4 is 27.4 Å². The first-order chi connectivity index (χ1) is 11.3. The van der Waals surface area contributed by atoms with Crippen LogP contribution in [0.5, 0.6) is 0 Å². The van der Waals surface area contributed by atoms with Gasteiger partial charge in [-0.05, 0) is 48.1 Å². The van der Waals surface area contributed by atoms with Crippen LogP contribution >= 0.6 is 11.3 Å². The van der Waals surface area contributed by atoms with Gasteiger partial charge in [-0.25, -0.2) is 18.4 Å². The monoisotopic (exact) mass is 365 g/mol. The Morgan fingerprint density at radius 1 is 1.29 bits per heavy atom. The number of benzene rings is 1. The molecule has 2 heterocycles. The Kier molecular flexibility index (Phi) is 4.62. The van der Waals surface area contributed by atoms with E-state index in [0.29, 0.717) is 13.1 Å². The second kappa shape index (κ2) is 6.54. The van der Waals surface area contributed by atoms with Crippen molar-refractivity contribution in [3.63, 3.8) is 0 Å². The van der Waals surface area contributed by atoms with Gasteiger partial charge >= 0.3 is 6.03 Å². The Hall–Kier alpha value is -1.90. The molecule has 128 valence electrons. The van der Waals surface area contributed by atoms with E-state index in [1.54, 1.807) is 28.4 Å². The van der Waals surface area contributed by atoms with E-state index < -0.39 is 10.0 Å². The number of carbonyl (C=O) groups excluding carboxylic acids is 1. The summed E-state index contributed by atoms with van der Waals surface area (Å²) >= 11 is 1.74. The number of thiophene rings is 1. The third-order valence-corrected chi connectivity index (χ3v) is 6.10. The zero-order chi connectivity index (χ0) is 17.3. The average molecular weight is 365 g/mol. The number of nitrogens with two attached hydrogens (primary N) is 1. The van der Waals surface area contributed by atoms with E-state index >= 15 is 0 Å². The standard InChI is InChI=1S/C16H19N3O3S2/c1-11(12-2-4-14(5-3-12)24(17,21)22)18-16(20)19-8-6-15-13(10-19)7-9-23-15/h2-5,7,9,11H,6,8,10H2,1H3,(H,18,20)(H2,17,21,22). The van der Waals surface area contributed by atoms with Crippen molar-refractivity contribution in [3.05, 3.63) is 51.7 Å². The van der Waals surface area contributed by atoms with Gasteiger partial charge in [0.15, 0.2) is 0 Å². The number of primary sulfonamides is 1. The van der Waals surface area contributed by atoms with E-state index in [-0.39, 0.29) is 17.0 Å². The molecule has 6 nitrogen and oxygen atoms in total. The maximum atomic E-state index is 12.4. The highest BCUT2D eigenvalue weighted by molar-refractivity contribution is 7.89. The van der Waals surface area contributed by atoms with Gasteiger partial charge in [0.05, 0.1) is 10.9 Å². The summed E-state index contributed by atoms with van der Waals surface area (Å²) < 4.78 is 22.6. The summed E-state index contributed by atoms with van der Waals surface area (Å²) in [7, 11) is -3.70. The quantitative estimate of drug-likeness (QED) is 0.873. The third-order valence-electron chi connectivity index (χ3n) is 4.14. The molecule has 1 aromatic carbocycles. The lowest BCUT2D eigenvalue weighted by atomic mass is 10.1. The van der Waals surface area contributed by atoms with Gasteiger partial charge in [0.2, 0.25) is 10.0 Å².